The molecule has 2 N–H and O–H groups in total. The molecule has 5 nitrogen and oxygen atoms in total. The molecule has 0 atom stereocenters. The van der Waals surface area contributed by atoms with Crippen LogP contribution in [0, 0.1) is 5.41 Å². The monoisotopic (exact) mass is 369 g/mol. The first-order valence-electron chi connectivity index (χ1n) is 7.77. The molecular formula is C17H21Cl2N3O2. The van der Waals surface area contributed by atoms with Crippen LogP contribution >= 0.6 is 24.0 Å². The minimum Gasteiger partial charge on any atom is -0.355 e. The topological polar surface area (TPSA) is 67.2 Å². The molecule has 0 bridgehead atoms. The van der Waals surface area contributed by atoms with Crippen LogP contribution in [0.4, 0.5) is 0 Å². The number of rotatable bonds is 4. The van der Waals surface area contributed by atoms with Gasteiger partial charge in [0.1, 0.15) is 0 Å². The van der Waals surface area contributed by atoms with Gasteiger partial charge < -0.3 is 15.2 Å². The molecule has 2 aromatic rings. The van der Waals surface area contributed by atoms with Crippen LogP contribution in [0.25, 0.3) is 11.3 Å². The number of carbonyl (C=O) groups excluding carboxylic acids is 1. The molecule has 3 rings (SSSR count). The second-order valence-electron chi connectivity index (χ2n) is 6.33. The van der Waals surface area contributed by atoms with Crippen molar-refractivity contribution in [3.8, 4) is 11.3 Å². The number of benzene rings is 1. The van der Waals surface area contributed by atoms with E-state index in [0.29, 0.717) is 23.0 Å². The molecule has 130 valence electrons. The van der Waals surface area contributed by atoms with Gasteiger partial charge in [-0.3, -0.25) is 4.79 Å². The zero-order chi connectivity index (χ0) is 16.3. The van der Waals surface area contributed by atoms with Crippen LogP contribution in [0.1, 0.15) is 30.3 Å². The minimum absolute atomic E-state index is 0. The summed E-state index contributed by atoms with van der Waals surface area (Å²) in [4.78, 5) is 12.3. The van der Waals surface area contributed by atoms with Crippen LogP contribution in [0.5, 0.6) is 0 Å². The first-order valence-corrected chi connectivity index (χ1v) is 8.15. The van der Waals surface area contributed by atoms with Gasteiger partial charge in [-0.15, -0.1) is 12.4 Å². The number of hydrogen-bond acceptors (Lipinski definition) is 4. The summed E-state index contributed by atoms with van der Waals surface area (Å²) < 4.78 is 5.26. The first kappa shape index (κ1) is 18.8. The number of hydrogen-bond donors (Lipinski definition) is 2. The molecule has 2 heterocycles. The fourth-order valence-corrected chi connectivity index (χ4v) is 2.85. The average molecular weight is 370 g/mol. The Morgan fingerprint density at radius 2 is 2.00 bits per heavy atom. The van der Waals surface area contributed by atoms with Gasteiger partial charge >= 0.3 is 0 Å². The Labute approximate surface area is 152 Å². The van der Waals surface area contributed by atoms with E-state index in [2.05, 4.69) is 22.7 Å². The highest BCUT2D eigenvalue weighted by Crippen LogP contribution is 2.27. The van der Waals surface area contributed by atoms with E-state index in [4.69, 9.17) is 16.1 Å². The third-order valence-corrected chi connectivity index (χ3v) is 4.61. The van der Waals surface area contributed by atoms with Crippen molar-refractivity contribution >= 4 is 29.9 Å². The Balaban J connectivity index is 0.00000208. The number of carbonyl (C=O) groups is 1. The molecule has 1 aliphatic rings. The fraction of sp³-hybridized carbons (Fsp3) is 0.412. The van der Waals surface area contributed by atoms with Crippen LogP contribution in [0.2, 0.25) is 5.02 Å². The van der Waals surface area contributed by atoms with E-state index in [1.54, 1.807) is 18.2 Å². The standard InChI is InChI=1S/C17H20ClN3O2.ClH/c1-17(6-8-19-9-7-17)11-20-16(22)14-10-15(23-21-14)12-2-4-13(18)5-3-12;/h2-5,10,19H,6-9,11H2,1H3,(H,20,22);1H. The lowest BCUT2D eigenvalue weighted by Crippen LogP contribution is -2.42. The van der Waals surface area contributed by atoms with Crippen molar-refractivity contribution in [3.05, 3.63) is 41.0 Å². The van der Waals surface area contributed by atoms with Crippen molar-refractivity contribution in [2.45, 2.75) is 19.8 Å². The Morgan fingerprint density at radius 3 is 2.67 bits per heavy atom. The second kappa shape index (κ2) is 8.01. The van der Waals surface area contributed by atoms with Gasteiger partial charge in [0.25, 0.3) is 5.91 Å². The van der Waals surface area contributed by atoms with Crippen molar-refractivity contribution in [3.63, 3.8) is 0 Å². The van der Waals surface area contributed by atoms with Crippen LogP contribution in [0.15, 0.2) is 34.9 Å². The molecular weight excluding hydrogens is 349 g/mol. The summed E-state index contributed by atoms with van der Waals surface area (Å²) in [6, 6.07) is 8.87. The summed E-state index contributed by atoms with van der Waals surface area (Å²) in [5.41, 5.74) is 1.28. The Hall–Kier alpha value is -1.56. The van der Waals surface area contributed by atoms with Crippen LogP contribution in [-0.2, 0) is 0 Å². The minimum atomic E-state index is -0.200. The third-order valence-electron chi connectivity index (χ3n) is 4.36. The van der Waals surface area contributed by atoms with Gasteiger partial charge in [0, 0.05) is 23.2 Å². The summed E-state index contributed by atoms with van der Waals surface area (Å²) in [7, 11) is 0. The smallest absolute Gasteiger partial charge is 0.273 e. The van der Waals surface area contributed by atoms with Crippen LogP contribution in [-0.4, -0.2) is 30.7 Å². The molecule has 1 saturated heterocycles. The molecule has 0 saturated carbocycles. The molecule has 1 fully saturated rings. The van der Waals surface area contributed by atoms with E-state index in [1.807, 2.05) is 12.1 Å². The van der Waals surface area contributed by atoms with Gasteiger partial charge in [-0.25, -0.2) is 0 Å². The highest BCUT2D eigenvalue weighted by atomic mass is 35.5. The van der Waals surface area contributed by atoms with E-state index in [1.165, 1.54) is 0 Å². The highest BCUT2D eigenvalue weighted by molar-refractivity contribution is 6.30. The molecule has 7 heteroatoms. The molecule has 1 amide bonds. The van der Waals surface area contributed by atoms with Gasteiger partial charge in [0.2, 0.25) is 0 Å². The van der Waals surface area contributed by atoms with Crippen LogP contribution < -0.4 is 10.6 Å². The lowest BCUT2D eigenvalue weighted by molar-refractivity contribution is 0.0913. The van der Waals surface area contributed by atoms with Gasteiger partial charge in [-0.2, -0.15) is 0 Å². The van der Waals surface area contributed by atoms with E-state index in [9.17, 15) is 4.79 Å². The Morgan fingerprint density at radius 1 is 1.33 bits per heavy atom. The first-order chi connectivity index (χ1) is 11.1. The number of halogens is 2. The SMILES string of the molecule is CC1(CNC(=O)c2cc(-c3ccc(Cl)cc3)on2)CCNCC1.Cl. The number of piperidine rings is 1. The molecule has 0 unspecified atom stereocenters. The quantitative estimate of drug-likeness (QED) is 0.864. The maximum atomic E-state index is 12.3. The second-order valence-corrected chi connectivity index (χ2v) is 6.76. The van der Waals surface area contributed by atoms with Crippen molar-refractivity contribution in [1.29, 1.82) is 0 Å². The number of nitrogens with one attached hydrogen (secondary N) is 2. The van der Waals surface area contributed by atoms with E-state index >= 15 is 0 Å². The predicted molar refractivity (Wildman–Crippen MR) is 96.7 cm³/mol. The van der Waals surface area contributed by atoms with E-state index < -0.39 is 0 Å². The van der Waals surface area contributed by atoms with Crippen molar-refractivity contribution < 1.29 is 9.32 Å². The van der Waals surface area contributed by atoms with E-state index in [-0.39, 0.29) is 23.7 Å². The zero-order valence-corrected chi connectivity index (χ0v) is 15.0. The summed E-state index contributed by atoms with van der Waals surface area (Å²) in [6.07, 6.45) is 2.12. The maximum Gasteiger partial charge on any atom is 0.273 e. The van der Waals surface area contributed by atoms with Crippen molar-refractivity contribution in [2.75, 3.05) is 19.6 Å². The molecule has 0 radical (unpaired) electrons. The van der Waals surface area contributed by atoms with Crippen molar-refractivity contribution in [1.82, 2.24) is 15.8 Å². The fourth-order valence-electron chi connectivity index (χ4n) is 2.72. The van der Waals surface area contributed by atoms with E-state index in [0.717, 1.165) is 31.5 Å². The largest absolute Gasteiger partial charge is 0.355 e. The highest BCUT2D eigenvalue weighted by Gasteiger charge is 2.27. The average Bonchev–Trinajstić information content (AvgIpc) is 3.04. The summed E-state index contributed by atoms with van der Waals surface area (Å²) in [5.74, 6) is 0.355. The molecule has 1 aliphatic heterocycles. The molecule has 0 spiro atoms. The maximum absolute atomic E-state index is 12.3. The number of aromatic nitrogens is 1. The molecule has 0 aliphatic carbocycles. The molecule has 1 aromatic heterocycles. The predicted octanol–water partition coefficient (Wildman–Crippen LogP) is 3.54. The molecule has 1 aromatic carbocycles. The number of amides is 1. The van der Waals surface area contributed by atoms with Gasteiger partial charge in [0.05, 0.1) is 0 Å². The van der Waals surface area contributed by atoms with Crippen LogP contribution in [0.3, 0.4) is 0 Å². The summed E-state index contributed by atoms with van der Waals surface area (Å²) in [5, 5.41) is 10.8. The van der Waals surface area contributed by atoms with Crippen molar-refractivity contribution in [2.24, 2.45) is 5.41 Å². The van der Waals surface area contributed by atoms with Gasteiger partial charge in [-0.1, -0.05) is 23.7 Å². The Bertz CT molecular complexity index is 679. The lowest BCUT2D eigenvalue weighted by Gasteiger charge is -2.33. The normalized spacial score (nSPS) is 16.2. The number of nitrogens with zero attached hydrogens (tertiary/aromatic N) is 1. The Kier molecular flexibility index (Phi) is 6.27. The third kappa shape index (κ3) is 4.50. The van der Waals surface area contributed by atoms with Gasteiger partial charge in [0.15, 0.2) is 11.5 Å². The summed E-state index contributed by atoms with van der Waals surface area (Å²) >= 11 is 5.87. The lowest BCUT2D eigenvalue weighted by atomic mass is 9.81. The summed E-state index contributed by atoms with van der Waals surface area (Å²) in [6.45, 7) is 4.85. The van der Waals surface area contributed by atoms with Gasteiger partial charge in [-0.05, 0) is 55.6 Å². The molecule has 24 heavy (non-hydrogen) atoms. The zero-order valence-electron chi connectivity index (χ0n) is 13.5.